The lowest BCUT2D eigenvalue weighted by molar-refractivity contribution is -0.140. The summed E-state index contributed by atoms with van der Waals surface area (Å²) in [4.78, 5) is 29.2. The van der Waals surface area contributed by atoms with E-state index in [1.54, 1.807) is 42.5 Å². The molecular weight excluding hydrogens is 617 g/mol. The number of benzene rings is 3. The molecule has 0 radical (unpaired) electrons. The Hall–Kier alpha value is -2.78. The van der Waals surface area contributed by atoms with Gasteiger partial charge in [-0.2, -0.15) is 0 Å². The first-order valence-corrected chi connectivity index (χ1v) is 16.5. The van der Waals surface area contributed by atoms with Crippen molar-refractivity contribution < 1.29 is 18.0 Å². The van der Waals surface area contributed by atoms with Gasteiger partial charge in [0.1, 0.15) is 12.6 Å². The van der Waals surface area contributed by atoms with Crippen molar-refractivity contribution in [3.05, 3.63) is 93.4 Å². The van der Waals surface area contributed by atoms with Gasteiger partial charge in [-0.1, -0.05) is 91.3 Å². The van der Waals surface area contributed by atoms with Crippen molar-refractivity contribution in [3.63, 3.8) is 0 Å². The molecule has 1 fully saturated rings. The van der Waals surface area contributed by atoms with Crippen LogP contribution in [0.15, 0.2) is 77.7 Å². The zero-order valence-corrected chi connectivity index (χ0v) is 26.4. The van der Waals surface area contributed by atoms with Gasteiger partial charge < -0.3 is 10.2 Å². The smallest absolute Gasteiger partial charge is 0.264 e. The van der Waals surface area contributed by atoms with E-state index in [0.29, 0.717) is 11.4 Å². The van der Waals surface area contributed by atoms with E-state index in [-0.39, 0.29) is 39.1 Å². The molecule has 224 valence electrons. The number of sulfonamides is 1. The highest BCUT2D eigenvalue weighted by atomic mass is 35.5. The van der Waals surface area contributed by atoms with E-state index in [0.717, 1.165) is 42.0 Å². The molecule has 0 aromatic heterocycles. The summed E-state index contributed by atoms with van der Waals surface area (Å²) in [5, 5.41) is 4.04. The molecule has 1 aliphatic rings. The van der Waals surface area contributed by atoms with Crippen molar-refractivity contribution in [1.82, 2.24) is 10.2 Å². The number of carbonyl (C=O) groups is 2. The largest absolute Gasteiger partial charge is 0.352 e. The summed E-state index contributed by atoms with van der Waals surface area (Å²) in [6.07, 6.45) is 5.35. The van der Waals surface area contributed by atoms with Crippen molar-refractivity contribution in [2.75, 3.05) is 10.8 Å². The number of nitrogens with one attached hydrogen (secondary N) is 1. The molecule has 4 rings (SSSR count). The highest BCUT2D eigenvalue weighted by Crippen LogP contribution is 2.33. The van der Waals surface area contributed by atoms with Crippen molar-refractivity contribution >= 4 is 62.3 Å². The molecule has 0 spiro atoms. The van der Waals surface area contributed by atoms with Crippen LogP contribution in [0.4, 0.5) is 5.69 Å². The van der Waals surface area contributed by atoms with E-state index in [1.807, 2.05) is 6.92 Å². The summed E-state index contributed by atoms with van der Waals surface area (Å²) in [6.45, 7) is 1.31. The van der Waals surface area contributed by atoms with Crippen molar-refractivity contribution in [2.45, 2.75) is 69.0 Å². The second-order valence-electron chi connectivity index (χ2n) is 10.3. The minimum Gasteiger partial charge on any atom is -0.352 e. The minimum absolute atomic E-state index is 0.0137. The molecule has 1 N–H and O–H groups in total. The third-order valence-corrected chi connectivity index (χ3v) is 9.97. The average Bonchev–Trinajstić information content (AvgIpc) is 2.99. The lowest BCUT2D eigenvalue weighted by Gasteiger charge is -2.34. The fraction of sp³-hybridized carbons (Fsp3) is 0.355. The molecule has 1 aliphatic carbocycles. The Kier molecular flexibility index (Phi) is 11.2. The van der Waals surface area contributed by atoms with Crippen LogP contribution in [0.25, 0.3) is 0 Å². The lowest BCUT2D eigenvalue weighted by Crippen LogP contribution is -2.54. The van der Waals surface area contributed by atoms with Gasteiger partial charge in [-0.15, -0.1) is 0 Å². The van der Waals surface area contributed by atoms with Crippen LogP contribution in [-0.4, -0.2) is 43.8 Å². The topological polar surface area (TPSA) is 86.8 Å². The standard InChI is InChI=1S/C31H34Cl3N3O4S/c1-2-28(31(39)35-25-9-5-3-6-10-25)36(20-22-13-15-23(32)16-14-22)30(38)21-37(29-19-24(33)17-18-27(29)34)42(40,41)26-11-7-4-8-12-26/h4,7-8,11-19,25,28H,2-3,5-6,9-10,20-21H2,1H3,(H,35,39)/t28-/m1/s1. The number of nitrogens with zero attached hydrogens (tertiary/aromatic N) is 2. The van der Waals surface area contributed by atoms with Gasteiger partial charge in [0, 0.05) is 22.6 Å². The zero-order chi connectivity index (χ0) is 30.3. The van der Waals surface area contributed by atoms with E-state index < -0.39 is 28.5 Å². The number of rotatable bonds is 11. The van der Waals surface area contributed by atoms with Crippen LogP contribution < -0.4 is 9.62 Å². The number of hydrogen-bond donors (Lipinski definition) is 1. The Morgan fingerprint density at radius 3 is 2.19 bits per heavy atom. The number of halogens is 3. The normalized spacial score (nSPS) is 14.7. The molecule has 2 amide bonds. The second kappa shape index (κ2) is 14.6. The maximum absolute atomic E-state index is 14.2. The van der Waals surface area contributed by atoms with Gasteiger partial charge in [-0.25, -0.2) is 8.42 Å². The molecule has 7 nitrogen and oxygen atoms in total. The van der Waals surface area contributed by atoms with Gasteiger partial charge >= 0.3 is 0 Å². The third-order valence-electron chi connectivity index (χ3n) is 7.39. The van der Waals surface area contributed by atoms with Gasteiger partial charge in [0.25, 0.3) is 10.0 Å². The predicted octanol–water partition coefficient (Wildman–Crippen LogP) is 7.10. The maximum atomic E-state index is 14.2. The Bertz CT molecular complexity index is 1480. The summed E-state index contributed by atoms with van der Waals surface area (Å²) in [5.41, 5.74) is 0.808. The third kappa shape index (κ3) is 7.98. The molecule has 0 bridgehead atoms. The Labute approximate surface area is 262 Å². The van der Waals surface area contributed by atoms with E-state index in [9.17, 15) is 18.0 Å². The fourth-order valence-corrected chi connectivity index (χ4v) is 7.17. The summed E-state index contributed by atoms with van der Waals surface area (Å²) in [5.74, 6) is -0.823. The molecular formula is C31H34Cl3N3O4S. The quantitative estimate of drug-likeness (QED) is 0.240. The Balaban J connectivity index is 1.72. The number of anilines is 1. The summed E-state index contributed by atoms with van der Waals surface area (Å²) in [7, 11) is -4.25. The average molecular weight is 651 g/mol. The predicted molar refractivity (Wildman–Crippen MR) is 169 cm³/mol. The van der Waals surface area contributed by atoms with Gasteiger partial charge in [0.05, 0.1) is 15.6 Å². The molecule has 42 heavy (non-hydrogen) atoms. The monoisotopic (exact) mass is 649 g/mol. The Morgan fingerprint density at radius 1 is 0.905 bits per heavy atom. The van der Waals surface area contributed by atoms with Gasteiger partial charge in [0.15, 0.2) is 0 Å². The maximum Gasteiger partial charge on any atom is 0.264 e. The highest BCUT2D eigenvalue weighted by Gasteiger charge is 2.35. The number of carbonyl (C=O) groups excluding carboxylic acids is 2. The molecule has 3 aromatic rings. The first kappa shape index (κ1) is 32.1. The van der Waals surface area contributed by atoms with Crippen LogP contribution in [0, 0.1) is 0 Å². The fourth-order valence-electron chi connectivity index (χ4n) is 5.16. The molecule has 3 aromatic carbocycles. The van der Waals surface area contributed by atoms with E-state index in [2.05, 4.69) is 5.32 Å². The molecule has 1 atom stereocenters. The second-order valence-corrected chi connectivity index (χ2v) is 13.5. The highest BCUT2D eigenvalue weighted by molar-refractivity contribution is 7.92. The molecule has 0 aliphatic heterocycles. The molecule has 1 saturated carbocycles. The van der Waals surface area contributed by atoms with E-state index in [4.69, 9.17) is 34.8 Å². The minimum atomic E-state index is -4.25. The van der Waals surface area contributed by atoms with Crippen LogP contribution in [0.1, 0.15) is 51.0 Å². The molecule has 0 heterocycles. The summed E-state index contributed by atoms with van der Waals surface area (Å²) >= 11 is 18.8. The van der Waals surface area contributed by atoms with Crippen molar-refractivity contribution in [1.29, 1.82) is 0 Å². The van der Waals surface area contributed by atoms with Gasteiger partial charge in [-0.3, -0.25) is 13.9 Å². The molecule has 0 unspecified atom stereocenters. The lowest BCUT2D eigenvalue weighted by atomic mass is 9.95. The van der Waals surface area contributed by atoms with Crippen LogP contribution in [0.5, 0.6) is 0 Å². The SMILES string of the molecule is CC[C@H](C(=O)NC1CCCCC1)N(Cc1ccc(Cl)cc1)C(=O)CN(c1cc(Cl)ccc1Cl)S(=O)(=O)c1ccccc1. The first-order chi connectivity index (χ1) is 20.1. The van der Waals surface area contributed by atoms with E-state index in [1.165, 1.54) is 35.2 Å². The summed E-state index contributed by atoms with van der Waals surface area (Å²) < 4.78 is 28.8. The van der Waals surface area contributed by atoms with E-state index >= 15 is 0 Å². The van der Waals surface area contributed by atoms with Gasteiger partial charge in [-0.05, 0) is 67.3 Å². The van der Waals surface area contributed by atoms with Crippen molar-refractivity contribution in [3.8, 4) is 0 Å². The Morgan fingerprint density at radius 2 is 1.55 bits per heavy atom. The molecule has 0 saturated heterocycles. The van der Waals surface area contributed by atoms with Crippen LogP contribution >= 0.6 is 34.8 Å². The first-order valence-electron chi connectivity index (χ1n) is 14.0. The van der Waals surface area contributed by atoms with Crippen LogP contribution in [-0.2, 0) is 26.2 Å². The van der Waals surface area contributed by atoms with Gasteiger partial charge in [0.2, 0.25) is 11.8 Å². The molecule has 11 heteroatoms. The number of amides is 2. The van der Waals surface area contributed by atoms with Crippen LogP contribution in [0.3, 0.4) is 0 Å². The van der Waals surface area contributed by atoms with Crippen molar-refractivity contribution in [2.24, 2.45) is 0 Å². The summed E-state index contributed by atoms with van der Waals surface area (Å²) in [6, 6.07) is 18.4. The van der Waals surface area contributed by atoms with Crippen LogP contribution in [0.2, 0.25) is 15.1 Å². The number of hydrogen-bond acceptors (Lipinski definition) is 4. The zero-order valence-electron chi connectivity index (χ0n) is 23.3.